The van der Waals surface area contributed by atoms with E-state index in [1.165, 1.54) is 9.80 Å². The average molecular weight is 306 g/mol. The summed E-state index contributed by atoms with van der Waals surface area (Å²) in [6.07, 6.45) is -1.96. The normalized spacial score (nSPS) is 16.3. The van der Waals surface area contributed by atoms with Crippen LogP contribution in [-0.4, -0.2) is 65.7 Å². The lowest BCUT2D eigenvalue weighted by molar-refractivity contribution is -0.147. The number of amides is 2. The highest BCUT2D eigenvalue weighted by molar-refractivity contribution is 5.84. The zero-order valence-corrected chi connectivity index (χ0v) is 12.3. The van der Waals surface area contributed by atoms with Crippen LogP contribution in [0.5, 0.6) is 0 Å². The van der Waals surface area contributed by atoms with Gasteiger partial charge in [0.1, 0.15) is 6.54 Å². The first-order chi connectivity index (χ1) is 10.5. The molecule has 1 aromatic rings. The minimum atomic E-state index is -1.27. The van der Waals surface area contributed by atoms with Gasteiger partial charge in [-0.15, -0.1) is 0 Å². The highest BCUT2D eigenvalue weighted by Gasteiger charge is 2.30. The van der Waals surface area contributed by atoms with Gasteiger partial charge in [-0.3, -0.25) is 9.69 Å². The third-order valence-corrected chi connectivity index (χ3v) is 3.50. The first kappa shape index (κ1) is 15.8. The molecule has 0 aromatic heterocycles. The lowest BCUT2D eigenvalue weighted by atomic mass is 10.1. The topological polar surface area (TPSA) is 87.2 Å². The molecule has 1 aliphatic heterocycles. The number of rotatable bonds is 4. The van der Waals surface area contributed by atoms with Gasteiger partial charge in [0.2, 0.25) is 12.0 Å². The number of hydrogen-bond donors (Lipinski definition) is 1. The number of benzene rings is 1. The van der Waals surface area contributed by atoms with Gasteiger partial charge in [0.05, 0.1) is 0 Å². The molecular weight excluding hydrogens is 288 g/mol. The quantitative estimate of drug-likeness (QED) is 0.880. The number of likely N-dealkylation sites (N-methyl/N-ethyl adjacent to an activating group) is 1. The molecule has 2 rings (SSSR count). The fourth-order valence-corrected chi connectivity index (χ4v) is 2.12. The molecule has 1 saturated heterocycles. The molecule has 118 valence electrons. The van der Waals surface area contributed by atoms with Crippen LogP contribution in [0.2, 0.25) is 0 Å². The van der Waals surface area contributed by atoms with Crippen molar-refractivity contribution in [3.8, 4) is 0 Å². The summed E-state index contributed by atoms with van der Waals surface area (Å²) in [6.45, 7) is 0.649. The van der Waals surface area contributed by atoms with E-state index in [0.717, 1.165) is 5.56 Å². The van der Waals surface area contributed by atoms with Crippen molar-refractivity contribution < 1.29 is 24.2 Å². The monoisotopic (exact) mass is 306 g/mol. The summed E-state index contributed by atoms with van der Waals surface area (Å²) in [5.41, 5.74) is 0.761. The van der Waals surface area contributed by atoms with Gasteiger partial charge in [0, 0.05) is 26.6 Å². The third kappa shape index (κ3) is 3.97. The molecule has 1 atom stereocenters. The Morgan fingerprint density at radius 1 is 1.27 bits per heavy atom. The van der Waals surface area contributed by atoms with Crippen molar-refractivity contribution in [1.29, 1.82) is 0 Å². The van der Waals surface area contributed by atoms with Crippen LogP contribution in [0.4, 0.5) is 4.79 Å². The molecular formula is C15H18N2O5. The molecule has 0 radical (unpaired) electrons. The average Bonchev–Trinajstić information content (AvgIpc) is 2.50. The van der Waals surface area contributed by atoms with Gasteiger partial charge in [-0.1, -0.05) is 30.3 Å². The Balaban J connectivity index is 1.97. The molecule has 7 heteroatoms. The summed E-state index contributed by atoms with van der Waals surface area (Å²) in [6, 6.07) is 8.93. The van der Waals surface area contributed by atoms with Crippen molar-refractivity contribution in [3.05, 3.63) is 35.9 Å². The van der Waals surface area contributed by atoms with Gasteiger partial charge < -0.3 is 14.7 Å². The number of aliphatic carboxylic acids is 1. The molecule has 1 fully saturated rings. The number of carboxylic acid groups (broad SMARTS) is 1. The van der Waals surface area contributed by atoms with Crippen molar-refractivity contribution in [2.24, 2.45) is 0 Å². The van der Waals surface area contributed by atoms with Crippen LogP contribution in [0.1, 0.15) is 5.56 Å². The molecule has 0 saturated carbocycles. The molecule has 1 aromatic carbocycles. The van der Waals surface area contributed by atoms with Crippen LogP contribution >= 0.6 is 0 Å². The Morgan fingerprint density at radius 2 is 1.95 bits per heavy atom. The summed E-state index contributed by atoms with van der Waals surface area (Å²) < 4.78 is 5.06. The van der Waals surface area contributed by atoms with Gasteiger partial charge in [0.25, 0.3) is 0 Å². The SMILES string of the molecule is CN1CCN(C(=O)OC(Cc2ccccc2)C(=O)O)CC1=O. The van der Waals surface area contributed by atoms with E-state index in [4.69, 9.17) is 4.74 Å². The second kappa shape index (κ2) is 6.93. The van der Waals surface area contributed by atoms with Crippen molar-refractivity contribution in [1.82, 2.24) is 9.80 Å². The summed E-state index contributed by atoms with van der Waals surface area (Å²) in [4.78, 5) is 37.6. The largest absolute Gasteiger partial charge is 0.478 e. The van der Waals surface area contributed by atoms with E-state index in [9.17, 15) is 19.5 Å². The Labute approximate surface area is 128 Å². The maximum Gasteiger partial charge on any atom is 0.411 e. The van der Waals surface area contributed by atoms with E-state index >= 15 is 0 Å². The van der Waals surface area contributed by atoms with Crippen LogP contribution in [0, 0.1) is 0 Å². The van der Waals surface area contributed by atoms with E-state index < -0.39 is 18.2 Å². The summed E-state index contributed by atoms with van der Waals surface area (Å²) >= 11 is 0. The lowest BCUT2D eigenvalue weighted by Gasteiger charge is -2.31. The van der Waals surface area contributed by atoms with Crippen molar-refractivity contribution in [2.75, 3.05) is 26.7 Å². The van der Waals surface area contributed by atoms with E-state index in [2.05, 4.69) is 0 Å². The van der Waals surface area contributed by atoms with Crippen LogP contribution in [-0.2, 0) is 20.7 Å². The van der Waals surface area contributed by atoms with Crippen molar-refractivity contribution in [2.45, 2.75) is 12.5 Å². The molecule has 1 aliphatic rings. The Hall–Kier alpha value is -2.57. The van der Waals surface area contributed by atoms with Crippen LogP contribution in [0.3, 0.4) is 0 Å². The number of ether oxygens (including phenoxy) is 1. The van der Waals surface area contributed by atoms with Gasteiger partial charge in [-0.05, 0) is 5.56 Å². The smallest absolute Gasteiger partial charge is 0.411 e. The predicted octanol–water partition coefficient (Wildman–Crippen LogP) is 0.593. The molecule has 1 N–H and O–H groups in total. The molecule has 7 nitrogen and oxygen atoms in total. The Bertz CT molecular complexity index is 560. The van der Waals surface area contributed by atoms with Crippen molar-refractivity contribution >= 4 is 18.0 Å². The maximum atomic E-state index is 12.0. The van der Waals surface area contributed by atoms with E-state index in [-0.39, 0.29) is 18.9 Å². The molecule has 1 heterocycles. The summed E-state index contributed by atoms with van der Waals surface area (Å²) in [5.74, 6) is -1.41. The number of piperazine rings is 1. The van der Waals surface area contributed by atoms with E-state index in [1.54, 1.807) is 31.3 Å². The molecule has 1 unspecified atom stereocenters. The highest BCUT2D eigenvalue weighted by atomic mass is 16.6. The van der Waals surface area contributed by atoms with Gasteiger partial charge >= 0.3 is 12.1 Å². The highest BCUT2D eigenvalue weighted by Crippen LogP contribution is 2.10. The number of nitrogens with zero attached hydrogens (tertiary/aromatic N) is 2. The zero-order chi connectivity index (χ0) is 16.1. The van der Waals surface area contributed by atoms with E-state index in [0.29, 0.717) is 13.1 Å². The second-order valence-corrected chi connectivity index (χ2v) is 5.14. The molecule has 2 amide bonds. The van der Waals surface area contributed by atoms with Gasteiger partial charge in [-0.2, -0.15) is 0 Å². The van der Waals surface area contributed by atoms with Gasteiger partial charge in [-0.25, -0.2) is 9.59 Å². The lowest BCUT2D eigenvalue weighted by Crippen LogP contribution is -2.51. The third-order valence-electron chi connectivity index (χ3n) is 3.50. The molecule has 0 spiro atoms. The summed E-state index contributed by atoms with van der Waals surface area (Å²) in [5, 5.41) is 9.20. The van der Waals surface area contributed by atoms with Crippen LogP contribution in [0.25, 0.3) is 0 Å². The van der Waals surface area contributed by atoms with Crippen LogP contribution in [0.15, 0.2) is 30.3 Å². The van der Waals surface area contributed by atoms with E-state index in [1.807, 2.05) is 6.07 Å². The number of carbonyl (C=O) groups excluding carboxylic acids is 2. The molecule has 22 heavy (non-hydrogen) atoms. The predicted molar refractivity (Wildman–Crippen MR) is 77.3 cm³/mol. The number of hydrogen-bond acceptors (Lipinski definition) is 4. The maximum absolute atomic E-state index is 12.0. The zero-order valence-electron chi connectivity index (χ0n) is 12.3. The minimum absolute atomic E-state index is 0.0869. The first-order valence-electron chi connectivity index (χ1n) is 6.93. The fourth-order valence-electron chi connectivity index (χ4n) is 2.12. The molecule has 0 bridgehead atoms. The number of carbonyl (C=O) groups is 3. The standard InChI is InChI=1S/C15H18N2O5/c1-16-7-8-17(10-13(16)18)15(21)22-12(14(19)20)9-11-5-3-2-4-6-11/h2-6,12H,7-10H2,1H3,(H,19,20). The van der Waals surface area contributed by atoms with Gasteiger partial charge in [0.15, 0.2) is 0 Å². The minimum Gasteiger partial charge on any atom is -0.478 e. The molecule has 0 aliphatic carbocycles. The Morgan fingerprint density at radius 3 is 2.55 bits per heavy atom. The van der Waals surface area contributed by atoms with Crippen LogP contribution < -0.4 is 0 Å². The fraction of sp³-hybridized carbons (Fsp3) is 0.400. The summed E-state index contributed by atoms with van der Waals surface area (Å²) in [7, 11) is 1.65. The second-order valence-electron chi connectivity index (χ2n) is 5.14. The Kier molecular flexibility index (Phi) is 4.98. The van der Waals surface area contributed by atoms with Crippen molar-refractivity contribution in [3.63, 3.8) is 0 Å². The number of carboxylic acids is 1. The first-order valence-corrected chi connectivity index (χ1v) is 6.93.